The molecule has 6 heteroatoms. The molecule has 1 saturated heterocycles. The van der Waals surface area contributed by atoms with Crippen LogP contribution in [0.3, 0.4) is 0 Å². The Hall–Kier alpha value is -4.65. The summed E-state index contributed by atoms with van der Waals surface area (Å²) in [7, 11) is -0.404. The number of hydrogen-bond acceptors (Lipinski definition) is 4. The second-order valence-corrected chi connectivity index (χ2v) is 12.0. The Labute approximate surface area is 253 Å². The van der Waals surface area contributed by atoms with Crippen molar-refractivity contribution in [1.82, 2.24) is 9.38 Å². The van der Waals surface area contributed by atoms with Crippen molar-refractivity contribution in [2.24, 2.45) is 0 Å². The fraction of sp³-hybridized carbons (Fsp3) is 0.162. The van der Waals surface area contributed by atoms with Crippen LogP contribution in [-0.4, -0.2) is 27.7 Å². The molecule has 3 heterocycles. The van der Waals surface area contributed by atoms with Gasteiger partial charge in [-0.3, -0.25) is 4.40 Å². The molecular weight excluding hydrogens is 529 g/mol. The van der Waals surface area contributed by atoms with Crippen LogP contribution in [0.15, 0.2) is 134 Å². The van der Waals surface area contributed by atoms with Crippen LogP contribution in [0.1, 0.15) is 27.7 Å². The Morgan fingerprint density at radius 2 is 1.19 bits per heavy atom. The van der Waals surface area contributed by atoms with Crippen molar-refractivity contribution in [2.75, 3.05) is 4.90 Å². The molecule has 0 aliphatic carbocycles. The number of nitrogens with zero attached hydrogens (tertiary/aromatic N) is 3. The lowest BCUT2D eigenvalue weighted by atomic mass is 9.79. The third kappa shape index (κ3) is 4.93. The number of rotatable bonds is 6. The van der Waals surface area contributed by atoms with Crippen molar-refractivity contribution >= 4 is 35.3 Å². The van der Waals surface area contributed by atoms with Crippen molar-refractivity contribution in [1.29, 1.82) is 0 Å². The van der Waals surface area contributed by atoms with Gasteiger partial charge in [-0.2, -0.15) is 0 Å². The minimum atomic E-state index is -0.404. The molecule has 43 heavy (non-hydrogen) atoms. The molecule has 1 aliphatic heterocycles. The van der Waals surface area contributed by atoms with E-state index in [9.17, 15) is 0 Å². The maximum Gasteiger partial charge on any atom is 0.494 e. The van der Waals surface area contributed by atoms with E-state index in [2.05, 4.69) is 146 Å². The van der Waals surface area contributed by atoms with Crippen LogP contribution in [0.25, 0.3) is 28.2 Å². The molecule has 0 saturated carbocycles. The summed E-state index contributed by atoms with van der Waals surface area (Å²) in [5, 5.41) is 0. The number of fused-ring (bicyclic) bond motifs is 1. The van der Waals surface area contributed by atoms with Crippen LogP contribution in [0.4, 0.5) is 17.1 Å². The van der Waals surface area contributed by atoms with Crippen LogP contribution in [-0.2, 0) is 9.31 Å². The van der Waals surface area contributed by atoms with E-state index in [0.29, 0.717) is 0 Å². The molecule has 212 valence electrons. The van der Waals surface area contributed by atoms with Gasteiger partial charge in [0.1, 0.15) is 5.65 Å². The van der Waals surface area contributed by atoms with E-state index in [1.54, 1.807) is 0 Å². The van der Waals surface area contributed by atoms with Gasteiger partial charge in [0.15, 0.2) is 0 Å². The average Bonchev–Trinajstić information content (AvgIpc) is 3.52. The summed E-state index contributed by atoms with van der Waals surface area (Å²) in [6, 6.07) is 44.2. The standard InChI is InChI=1S/C37H34BN3O2/c1-36(2)37(3,4)43-38(42-36)29-21-23-31(24-22-29)41(30-17-9-6-10-18-30)32-19-13-16-28(26-32)34-35(27-14-7-5-8-15-27)40-25-12-11-20-33(40)39-34/h5-26H,1-4H3. The largest absolute Gasteiger partial charge is 0.494 e. The molecule has 2 aromatic heterocycles. The maximum absolute atomic E-state index is 6.31. The lowest BCUT2D eigenvalue weighted by molar-refractivity contribution is 0.00578. The fourth-order valence-electron chi connectivity index (χ4n) is 5.65. The van der Waals surface area contributed by atoms with Gasteiger partial charge in [0.05, 0.1) is 22.6 Å². The van der Waals surface area contributed by atoms with E-state index in [4.69, 9.17) is 14.3 Å². The summed E-state index contributed by atoms with van der Waals surface area (Å²) >= 11 is 0. The van der Waals surface area contributed by atoms with Crippen molar-refractivity contribution in [3.8, 4) is 22.5 Å². The number of para-hydroxylation sites is 1. The van der Waals surface area contributed by atoms with E-state index in [0.717, 1.165) is 50.7 Å². The zero-order valence-electron chi connectivity index (χ0n) is 24.9. The molecular formula is C37H34BN3O2. The molecule has 6 aromatic rings. The molecule has 1 aliphatic rings. The Bertz CT molecular complexity index is 1870. The third-order valence-corrected chi connectivity index (χ3v) is 8.65. The molecule has 0 radical (unpaired) electrons. The fourth-order valence-corrected chi connectivity index (χ4v) is 5.65. The van der Waals surface area contributed by atoms with E-state index < -0.39 is 7.12 Å². The first-order valence-corrected chi connectivity index (χ1v) is 14.7. The molecule has 0 spiro atoms. The quantitative estimate of drug-likeness (QED) is 0.191. The van der Waals surface area contributed by atoms with Gasteiger partial charge in [0.2, 0.25) is 0 Å². The number of anilines is 3. The second kappa shape index (κ2) is 10.6. The van der Waals surface area contributed by atoms with E-state index in [-0.39, 0.29) is 11.2 Å². The molecule has 5 nitrogen and oxygen atoms in total. The number of imidazole rings is 1. The minimum Gasteiger partial charge on any atom is -0.399 e. The van der Waals surface area contributed by atoms with Crippen LogP contribution >= 0.6 is 0 Å². The molecule has 7 rings (SSSR count). The Morgan fingerprint density at radius 3 is 1.88 bits per heavy atom. The maximum atomic E-state index is 6.31. The summed E-state index contributed by atoms with van der Waals surface area (Å²) in [4.78, 5) is 7.37. The Kier molecular flexibility index (Phi) is 6.68. The van der Waals surface area contributed by atoms with Gasteiger partial charge in [0, 0.05) is 34.4 Å². The van der Waals surface area contributed by atoms with Crippen molar-refractivity contribution < 1.29 is 9.31 Å². The lowest BCUT2D eigenvalue weighted by Crippen LogP contribution is -2.41. The highest BCUT2D eigenvalue weighted by molar-refractivity contribution is 6.62. The Balaban J connectivity index is 1.31. The lowest BCUT2D eigenvalue weighted by Gasteiger charge is -2.32. The van der Waals surface area contributed by atoms with Crippen LogP contribution < -0.4 is 10.4 Å². The summed E-state index contributed by atoms with van der Waals surface area (Å²) in [6.07, 6.45) is 2.08. The van der Waals surface area contributed by atoms with E-state index >= 15 is 0 Å². The molecule has 0 atom stereocenters. The molecule has 4 aromatic carbocycles. The monoisotopic (exact) mass is 563 g/mol. The van der Waals surface area contributed by atoms with Crippen molar-refractivity contribution in [3.63, 3.8) is 0 Å². The average molecular weight is 564 g/mol. The first-order valence-electron chi connectivity index (χ1n) is 14.7. The van der Waals surface area contributed by atoms with Gasteiger partial charge in [-0.25, -0.2) is 4.98 Å². The van der Waals surface area contributed by atoms with Gasteiger partial charge in [-0.15, -0.1) is 0 Å². The number of aromatic nitrogens is 2. The summed E-state index contributed by atoms with van der Waals surface area (Å²) in [6.45, 7) is 8.32. The topological polar surface area (TPSA) is 39.0 Å². The summed E-state index contributed by atoms with van der Waals surface area (Å²) < 4.78 is 14.8. The molecule has 0 N–H and O–H groups in total. The zero-order valence-corrected chi connectivity index (χ0v) is 24.9. The zero-order chi connectivity index (χ0) is 29.6. The van der Waals surface area contributed by atoms with Gasteiger partial charge >= 0.3 is 7.12 Å². The van der Waals surface area contributed by atoms with Crippen molar-refractivity contribution in [2.45, 2.75) is 38.9 Å². The first-order chi connectivity index (χ1) is 20.8. The SMILES string of the molecule is CC1(C)OB(c2ccc(N(c3ccccc3)c3cccc(-c4nc5ccccn5c4-c4ccccc4)c3)cc2)OC1(C)C. The molecule has 1 fully saturated rings. The van der Waals surface area contributed by atoms with Crippen LogP contribution in [0.2, 0.25) is 0 Å². The number of pyridine rings is 1. The highest BCUT2D eigenvalue weighted by Crippen LogP contribution is 2.40. The van der Waals surface area contributed by atoms with Gasteiger partial charge in [0.25, 0.3) is 0 Å². The van der Waals surface area contributed by atoms with Crippen molar-refractivity contribution in [3.05, 3.63) is 134 Å². The smallest absolute Gasteiger partial charge is 0.399 e. The summed E-state index contributed by atoms with van der Waals surface area (Å²) in [5.74, 6) is 0. The third-order valence-electron chi connectivity index (χ3n) is 8.65. The van der Waals surface area contributed by atoms with Gasteiger partial charge in [-0.05, 0) is 81.7 Å². The molecule has 0 unspecified atom stereocenters. The predicted octanol–water partition coefficient (Wildman–Crippen LogP) is 8.44. The predicted molar refractivity (Wildman–Crippen MR) is 176 cm³/mol. The highest BCUT2D eigenvalue weighted by Gasteiger charge is 2.51. The van der Waals surface area contributed by atoms with Gasteiger partial charge < -0.3 is 14.2 Å². The number of benzene rings is 4. The first kappa shape index (κ1) is 27.2. The van der Waals surface area contributed by atoms with E-state index in [1.807, 2.05) is 24.3 Å². The van der Waals surface area contributed by atoms with Gasteiger partial charge in [-0.1, -0.05) is 78.9 Å². The van der Waals surface area contributed by atoms with E-state index in [1.165, 1.54) is 0 Å². The molecule has 0 bridgehead atoms. The minimum absolute atomic E-state index is 0.386. The van der Waals surface area contributed by atoms with Crippen LogP contribution in [0.5, 0.6) is 0 Å². The number of hydrogen-bond donors (Lipinski definition) is 0. The van der Waals surface area contributed by atoms with Crippen LogP contribution in [0, 0.1) is 0 Å². The molecule has 0 amide bonds. The normalized spacial score (nSPS) is 15.6. The second-order valence-electron chi connectivity index (χ2n) is 12.0. The Morgan fingerprint density at radius 1 is 0.605 bits per heavy atom. The highest BCUT2D eigenvalue weighted by atomic mass is 16.7. The summed E-state index contributed by atoms with van der Waals surface area (Å²) in [5.41, 5.74) is 8.50.